The van der Waals surface area contributed by atoms with Crippen LogP contribution >= 0.6 is 35.0 Å². The molecule has 0 saturated carbocycles. The van der Waals surface area contributed by atoms with E-state index in [0.29, 0.717) is 16.7 Å². The Morgan fingerprint density at radius 3 is 2.65 bits per heavy atom. The van der Waals surface area contributed by atoms with Crippen LogP contribution in [0.3, 0.4) is 0 Å². The number of nitrogens with zero attached hydrogens (tertiary/aromatic N) is 3. The first kappa shape index (κ1) is 19.1. The molecule has 7 heteroatoms. The Hall–Kier alpha value is -1.69. The summed E-state index contributed by atoms with van der Waals surface area (Å²) < 4.78 is 7.88. The first-order valence-corrected chi connectivity index (χ1v) is 9.84. The summed E-state index contributed by atoms with van der Waals surface area (Å²) >= 11 is 13.6. The SMILES string of the molecule is Cc1cccc(OCc2nnc(SCc3ccc(Cl)c(Cl)c3)n2C)c1C. The summed E-state index contributed by atoms with van der Waals surface area (Å²) in [6.45, 7) is 4.50. The summed E-state index contributed by atoms with van der Waals surface area (Å²) in [5.74, 6) is 2.39. The molecule has 0 saturated heterocycles. The van der Waals surface area contributed by atoms with Crippen LogP contribution in [0, 0.1) is 13.8 Å². The summed E-state index contributed by atoms with van der Waals surface area (Å²) in [7, 11) is 1.94. The lowest BCUT2D eigenvalue weighted by atomic mass is 10.1. The standard InChI is InChI=1S/C19H19Cl2N3OS/c1-12-5-4-6-17(13(12)2)25-10-18-22-23-19(24(18)3)26-11-14-7-8-15(20)16(21)9-14/h4-9H,10-11H2,1-3H3. The molecule has 0 aliphatic heterocycles. The van der Waals surface area contributed by atoms with E-state index in [2.05, 4.69) is 30.1 Å². The highest BCUT2D eigenvalue weighted by Crippen LogP contribution is 2.27. The fraction of sp³-hybridized carbons (Fsp3) is 0.263. The molecular weight excluding hydrogens is 389 g/mol. The molecule has 0 aliphatic rings. The number of ether oxygens (including phenoxy) is 1. The van der Waals surface area contributed by atoms with Crippen LogP contribution < -0.4 is 4.74 Å². The molecule has 0 bridgehead atoms. The van der Waals surface area contributed by atoms with Crippen molar-refractivity contribution in [2.45, 2.75) is 31.4 Å². The zero-order chi connectivity index (χ0) is 18.7. The highest BCUT2D eigenvalue weighted by molar-refractivity contribution is 7.98. The predicted octanol–water partition coefficient (Wildman–Crippen LogP) is 5.61. The Kier molecular flexibility index (Phi) is 6.12. The minimum atomic E-state index is 0.376. The van der Waals surface area contributed by atoms with Gasteiger partial charge in [-0.1, -0.05) is 53.2 Å². The van der Waals surface area contributed by atoms with Gasteiger partial charge in [0, 0.05) is 12.8 Å². The van der Waals surface area contributed by atoms with Crippen molar-refractivity contribution in [1.82, 2.24) is 14.8 Å². The monoisotopic (exact) mass is 407 g/mol. The molecule has 0 N–H and O–H groups in total. The zero-order valence-electron chi connectivity index (χ0n) is 14.8. The third-order valence-electron chi connectivity index (χ3n) is 4.19. The van der Waals surface area contributed by atoms with Gasteiger partial charge in [0.05, 0.1) is 10.0 Å². The number of aromatic nitrogens is 3. The summed E-state index contributed by atoms with van der Waals surface area (Å²) in [5.41, 5.74) is 3.43. The van der Waals surface area contributed by atoms with Gasteiger partial charge in [-0.2, -0.15) is 0 Å². The van der Waals surface area contributed by atoms with E-state index in [1.165, 1.54) is 5.56 Å². The molecular formula is C19H19Cl2N3OS. The van der Waals surface area contributed by atoms with Gasteiger partial charge in [-0.05, 0) is 48.7 Å². The van der Waals surface area contributed by atoms with Crippen molar-refractivity contribution in [2.75, 3.05) is 0 Å². The molecule has 4 nitrogen and oxygen atoms in total. The number of benzene rings is 2. The smallest absolute Gasteiger partial charge is 0.191 e. The largest absolute Gasteiger partial charge is 0.485 e. The van der Waals surface area contributed by atoms with Crippen LogP contribution in [-0.2, 0) is 19.4 Å². The number of rotatable bonds is 6. The van der Waals surface area contributed by atoms with E-state index in [4.69, 9.17) is 27.9 Å². The van der Waals surface area contributed by atoms with Crippen LogP contribution in [0.5, 0.6) is 5.75 Å². The van der Waals surface area contributed by atoms with Crippen LogP contribution in [0.15, 0.2) is 41.6 Å². The third kappa shape index (κ3) is 4.34. The Labute approximate surface area is 167 Å². The normalized spacial score (nSPS) is 11.0. The van der Waals surface area contributed by atoms with Crippen LogP contribution in [0.2, 0.25) is 10.0 Å². The quantitative estimate of drug-likeness (QED) is 0.497. The highest BCUT2D eigenvalue weighted by Gasteiger charge is 2.11. The molecule has 136 valence electrons. The molecule has 0 amide bonds. The Balaban J connectivity index is 1.64. The second-order valence-electron chi connectivity index (χ2n) is 5.98. The first-order valence-electron chi connectivity index (χ1n) is 8.09. The molecule has 0 unspecified atom stereocenters. The van der Waals surface area contributed by atoms with Crippen molar-refractivity contribution < 1.29 is 4.74 Å². The molecule has 1 aromatic heterocycles. The van der Waals surface area contributed by atoms with Gasteiger partial charge in [0.2, 0.25) is 0 Å². The van der Waals surface area contributed by atoms with Crippen molar-refractivity contribution in [1.29, 1.82) is 0 Å². The molecule has 0 atom stereocenters. The molecule has 0 radical (unpaired) electrons. The molecule has 3 rings (SSSR count). The fourth-order valence-electron chi connectivity index (χ4n) is 2.40. The van der Waals surface area contributed by atoms with E-state index in [9.17, 15) is 0 Å². The fourth-order valence-corrected chi connectivity index (χ4v) is 3.59. The minimum absolute atomic E-state index is 0.376. The third-order valence-corrected chi connectivity index (χ3v) is 6.02. The molecule has 0 aliphatic carbocycles. The van der Waals surface area contributed by atoms with Gasteiger partial charge in [-0.15, -0.1) is 10.2 Å². The zero-order valence-corrected chi connectivity index (χ0v) is 17.1. The molecule has 0 fully saturated rings. The topological polar surface area (TPSA) is 39.9 Å². The Morgan fingerprint density at radius 1 is 1.08 bits per heavy atom. The summed E-state index contributed by atoms with van der Waals surface area (Å²) in [5, 5.41) is 10.5. The first-order chi connectivity index (χ1) is 12.5. The van der Waals surface area contributed by atoms with Crippen LogP contribution in [0.4, 0.5) is 0 Å². The number of thioether (sulfide) groups is 1. The van der Waals surface area contributed by atoms with E-state index in [1.54, 1.807) is 17.8 Å². The van der Waals surface area contributed by atoms with Crippen molar-refractivity contribution in [3.8, 4) is 5.75 Å². The van der Waals surface area contributed by atoms with Gasteiger partial charge in [0.15, 0.2) is 11.0 Å². The molecule has 26 heavy (non-hydrogen) atoms. The Morgan fingerprint density at radius 2 is 1.88 bits per heavy atom. The van der Waals surface area contributed by atoms with E-state index in [-0.39, 0.29) is 0 Å². The van der Waals surface area contributed by atoms with E-state index < -0.39 is 0 Å². The molecule has 0 spiro atoms. The maximum Gasteiger partial charge on any atom is 0.191 e. The van der Waals surface area contributed by atoms with Crippen molar-refractivity contribution in [3.05, 3.63) is 69.0 Å². The van der Waals surface area contributed by atoms with Crippen molar-refractivity contribution in [2.24, 2.45) is 7.05 Å². The van der Waals surface area contributed by atoms with Gasteiger partial charge in [0.1, 0.15) is 12.4 Å². The van der Waals surface area contributed by atoms with Crippen LogP contribution in [-0.4, -0.2) is 14.8 Å². The summed E-state index contributed by atoms with van der Waals surface area (Å²) in [6.07, 6.45) is 0. The van der Waals surface area contributed by atoms with Gasteiger partial charge < -0.3 is 9.30 Å². The summed E-state index contributed by atoms with van der Waals surface area (Å²) in [6, 6.07) is 11.7. The second kappa shape index (κ2) is 8.33. The van der Waals surface area contributed by atoms with Gasteiger partial charge >= 0.3 is 0 Å². The van der Waals surface area contributed by atoms with E-state index in [0.717, 1.165) is 33.6 Å². The highest BCUT2D eigenvalue weighted by atomic mass is 35.5. The summed E-state index contributed by atoms with van der Waals surface area (Å²) in [4.78, 5) is 0. The number of aryl methyl sites for hydroxylation is 1. The van der Waals surface area contributed by atoms with Gasteiger partial charge in [-0.3, -0.25) is 0 Å². The average Bonchev–Trinajstić information content (AvgIpc) is 2.97. The second-order valence-corrected chi connectivity index (χ2v) is 7.74. The van der Waals surface area contributed by atoms with E-state index >= 15 is 0 Å². The van der Waals surface area contributed by atoms with E-state index in [1.807, 2.05) is 35.9 Å². The van der Waals surface area contributed by atoms with Crippen LogP contribution in [0.25, 0.3) is 0 Å². The molecule has 3 aromatic rings. The molecule has 2 aromatic carbocycles. The van der Waals surface area contributed by atoms with Crippen LogP contribution in [0.1, 0.15) is 22.5 Å². The number of halogens is 2. The number of hydrogen-bond donors (Lipinski definition) is 0. The van der Waals surface area contributed by atoms with Gasteiger partial charge in [0.25, 0.3) is 0 Å². The number of hydrogen-bond acceptors (Lipinski definition) is 4. The maximum atomic E-state index is 6.06. The van der Waals surface area contributed by atoms with Gasteiger partial charge in [-0.25, -0.2) is 0 Å². The average molecular weight is 408 g/mol. The lowest BCUT2D eigenvalue weighted by molar-refractivity contribution is 0.288. The maximum absolute atomic E-state index is 6.06. The lowest BCUT2D eigenvalue weighted by Gasteiger charge is -2.10. The lowest BCUT2D eigenvalue weighted by Crippen LogP contribution is -2.05. The van der Waals surface area contributed by atoms with Crippen molar-refractivity contribution in [3.63, 3.8) is 0 Å². The predicted molar refractivity (Wildman–Crippen MR) is 107 cm³/mol. The van der Waals surface area contributed by atoms with Crippen molar-refractivity contribution >= 4 is 35.0 Å². The molecule has 1 heterocycles. The Bertz CT molecular complexity index is 927. The minimum Gasteiger partial charge on any atom is -0.485 e.